The van der Waals surface area contributed by atoms with Crippen LogP contribution in [-0.2, 0) is 0 Å². The summed E-state index contributed by atoms with van der Waals surface area (Å²) < 4.78 is 19.0. The van der Waals surface area contributed by atoms with Crippen molar-refractivity contribution in [2.75, 3.05) is 0 Å². The van der Waals surface area contributed by atoms with Crippen LogP contribution >= 0.6 is 0 Å². The molecule has 152 valence electrons. The van der Waals surface area contributed by atoms with E-state index in [4.69, 9.17) is 13.2 Å². The molecule has 3 aromatic rings. The normalized spacial score (nSPS) is 11.3. The Morgan fingerprint density at radius 2 is 0.862 bits per heavy atom. The van der Waals surface area contributed by atoms with Crippen LogP contribution in [0.25, 0.3) is 0 Å². The third kappa shape index (κ3) is 6.57. The van der Waals surface area contributed by atoms with Gasteiger partial charge in [0.25, 0.3) is 0 Å². The summed E-state index contributed by atoms with van der Waals surface area (Å²) in [6.45, 7) is 12.7. The molecule has 0 saturated carbocycles. The van der Waals surface area contributed by atoms with Crippen molar-refractivity contribution in [1.29, 1.82) is 0 Å². The molecule has 4 heteroatoms. The molecule has 0 atom stereocenters. The van der Waals surface area contributed by atoms with Gasteiger partial charge in [0.1, 0.15) is 0 Å². The minimum atomic E-state index is -1.03. The third-order valence-electron chi connectivity index (χ3n) is 4.30. The first-order chi connectivity index (χ1) is 13.8. The average molecular weight is 451 g/mol. The first-order valence-corrected chi connectivity index (χ1v) is 13.0. The molecule has 3 nitrogen and oxygen atoms in total. The zero-order valence-electron chi connectivity index (χ0n) is 18.2. The molecular formula is C25H30GeO3. The predicted molar refractivity (Wildman–Crippen MR) is 123 cm³/mol. The van der Waals surface area contributed by atoms with E-state index in [9.17, 15) is 0 Å². The average Bonchev–Trinajstić information content (AvgIpc) is 2.58. The number of aryl methyl sites for hydroxylation is 4. The molecule has 0 aromatic heterocycles. The number of hydrogen-bond acceptors (Lipinski definition) is 3. The van der Waals surface area contributed by atoms with E-state index in [2.05, 4.69) is 46.8 Å². The Labute approximate surface area is 180 Å². The van der Waals surface area contributed by atoms with Crippen molar-refractivity contribution < 1.29 is 13.2 Å². The summed E-state index contributed by atoms with van der Waals surface area (Å²) in [5.74, 6) is 4.06. The van der Waals surface area contributed by atoms with Crippen LogP contribution in [0.15, 0.2) is 54.6 Å². The Balaban J connectivity index is 1.81. The molecule has 0 aliphatic heterocycles. The molecule has 0 fully saturated rings. The van der Waals surface area contributed by atoms with Crippen molar-refractivity contribution >= 4 is 15.8 Å². The molecule has 3 aromatic carbocycles. The molecule has 0 heterocycles. The summed E-state index contributed by atoms with van der Waals surface area (Å²) in [4.78, 5) is 0. The van der Waals surface area contributed by atoms with Gasteiger partial charge >= 0.3 is 161 Å². The number of ether oxygens (including phenoxy) is 2. The molecule has 0 aliphatic rings. The SMILES string of the molecule is Cc1cc(C)cc(Oc2cc(C)cc(Oc3cc(C)cc([O][GeH2][CH](C)C)c3)c2)c1. The van der Waals surface area contributed by atoms with Crippen LogP contribution in [0, 0.1) is 27.7 Å². The van der Waals surface area contributed by atoms with Gasteiger partial charge in [-0.3, -0.25) is 0 Å². The van der Waals surface area contributed by atoms with Crippen molar-refractivity contribution in [3.05, 3.63) is 76.9 Å². The summed E-state index contributed by atoms with van der Waals surface area (Å²) in [6.07, 6.45) is 0. The predicted octanol–water partition coefficient (Wildman–Crippen LogP) is 6.80. The van der Waals surface area contributed by atoms with Crippen LogP contribution in [0.5, 0.6) is 28.7 Å². The quantitative estimate of drug-likeness (QED) is 0.370. The fourth-order valence-electron chi connectivity index (χ4n) is 3.21. The van der Waals surface area contributed by atoms with Gasteiger partial charge in [0.05, 0.1) is 0 Å². The zero-order chi connectivity index (χ0) is 21.0. The second kappa shape index (κ2) is 9.40. The van der Waals surface area contributed by atoms with E-state index in [0.717, 1.165) is 39.9 Å². The van der Waals surface area contributed by atoms with Gasteiger partial charge in [0.15, 0.2) is 0 Å². The van der Waals surface area contributed by atoms with Crippen LogP contribution in [-0.4, -0.2) is 15.8 Å². The first-order valence-electron chi connectivity index (χ1n) is 10.1. The Bertz CT molecular complexity index is 975. The van der Waals surface area contributed by atoms with E-state index in [1.165, 1.54) is 11.1 Å². The van der Waals surface area contributed by atoms with E-state index < -0.39 is 15.8 Å². The Hall–Kier alpha value is -2.40. The molecular weight excluding hydrogens is 421 g/mol. The van der Waals surface area contributed by atoms with Crippen LogP contribution < -0.4 is 13.2 Å². The van der Waals surface area contributed by atoms with Crippen LogP contribution in [0.2, 0.25) is 4.75 Å². The molecule has 0 N–H and O–H groups in total. The molecule has 29 heavy (non-hydrogen) atoms. The Kier molecular flexibility index (Phi) is 6.91. The Morgan fingerprint density at radius 1 is 0.517 bits per heavy atom. The minimum absolute atomic E-state index is 0.661. The molecule has 0 spiro atoms. The summed E-state index contributed by atoms with van der Waals surface area (Å²) in [5.41, 5.74) is 4.58. The molecule has 0 amide bonds. The van der Waals surface area contributed by atoms with E-state index in [-0.39, 0.29) is 0 Å². The Morgan fingerprint density at radius 3 is 1.31 bits per heavy atom. The van der Waals surface area contributed by atoms with Gasteiger partial charge in [-0.15, -0.1) is 0 Å². The summed E-state index contributed by atoms with van der Waals surface area (Å²) in [6, 6.07) is 18.3. The number of hydrogen-bond donors (Lipinski definition) is 0. The van der Waals surface area contributed by atoms with Crippen molar-refractivity contribution in [3.63, 3.8) is 0 Å². The van der Waals surface area contributed by atoms with Gasteiger partial charge in [0.2, 0.25) is 0 Å². The third-order valence-corrected chi connectivity index (χ3v) is 6.75. The maximum atomic E-state index is 6.17. The van der Waals surface area contributed by atoms with E-state index in [1.807, 2.05) is 49.4 Å². The summed E-state index contributed by atoms with van der Waals surface area (Å²) >= 11 is -1.03. The van der Waals surface area contributed by atoms with Gasteiger partial charge < -0.3 is 0 Å². The summed E-state index contributed by atoms with van der Waals surface area (Å²) in [5, 5.41) is 0. The van der Waals surface area contributed by atoms with Crippen LogP contribution in [0.4, 0.5) is 0 Å². The molecule has 0 aliphatic carbocycles. The summed E-state index contributed by atoms with van der Waals surface area (Å²) in [7, 11) is 0. The molecule has 0 radical (unpaired) electrons. The van der Waals surface area contributed by atoms with Gasteiger partial charge in [-0.1, -0.05) is 6.07 Å². The van der Waals surface area contributed by atoms with E-state index in [1.54, 1.807) is 0 Å². The van der Waals surface area contributed by atoms with E-state index in [0.29, 0.717) is 4.75 Å². The van der Waals surface area contributed by atoms with Gasteiger partial charge in [0, 0.05) is 0 Å². The molecule has 0 bridgehead atoms. The van der Waals surface area contributed by atoms with Gasteiger partial charge in [-0.05, 0) is 13.8 Å². The zero-order valence-corrected chi connectivity index (χ0v) is 21.2. The van der Waals surface area contributed by atoms with E-state index >= 15 is 0 Å². The maximum absolute atomic E-state index is 6.17. The van der Waals surface area contributed by atoms with Gasteiger partial charge in [-0.2, -0.15) is 0 Å². The van der Waals surface area contributed by atoms with Gasteiger partial charge in [-0.25, -0.2) is 0 Å². The monoisotopic (exact) mass is 452 g/mol. The second-order valence-electron chi connectivity index (χ2n) is 8.20. The fourth-order valence-corrected chi connectivity index (χ4v) is 4.67. The van der Waals surface area contributed by atoms with Crippen LogP contribution in [0.3, 0.4) is 0 Å². The topological polar surface area (TPSA) is 27.7 Å². The fraction of sp³-hybridized carbons (Fsp3) is 0.280. The second-order valence-corrected chi connectivity index (χ2v) is 12.9. The van der Waals surface area contributed by atoms with Crippen molar-refractivity contribution in [2.24, 2.45) is 0 Å². The first kappa shape index (κ1) is 21.3. The molecule has 0 saturated heterocycles. The number of benzene rings is 3. The van der Waals surface area contributed by atoms with Crippen molar-refractivity contribution in [2.45, 2.75) is 46.3 Å². The number of rotatable bonds is 7. The standard InChI is InChI=1S/C25H30GeO3/c1-16(2)26-29-25-13-20(6)12-24(15-25)28-23-11-19(5)10-22(14-23)27-21-8-17(3)7-18(4)9-21/h7-16H,26H2,1-6H3. The van der Waals surface area contributed by atoms with Crippen molar-refractivity contribution in [3.8, 4) is 28.7 Å². The van der Waals surface area contributed by atoms with Crippen molar-refractivity contribution in [1.82, 2.24) is 0 Å². The molecule has 3 rings (SSSR count). The molecule has 0 unspecified atom stereocenters. The van der Waals surface area contributed by atoms with Crippen LogP contribution in [0.1, 0.15) is 36.1 Å².